The van der Waals surface area contributed by atoms with Crippen LogP contribution in [0.4, 0.5) is 0 Å². The van der Waals surface area contributed by atoms with Crippen LogP contribution in [-0.4, -0.2) is 77.7 Å². The van der Waals surface area contributed by atoms with Gasteiger partial charge in [0.05, 0.1) is 4.47 Å². The molecular weight excluding hydrogens is 739 g/mol. The van der Waals surface area contributed by atoms with E-state index in [1.807, 2.05) is 48.8 Å². The van der Waals surface area contributed by atoms with Crippen molar-refractivity contribution < 1.29 is 19.1 Å². The number of ether oxygens (including phenoxy) is 2. The van der Waals surface area contributed by atoms with E-state index in [1.165, 1.54) is 12.5 Å². The summed E-state index contributed by atoms with van der Waals surface area (Å²) in [6.07, 6.45) is 17.4. The molecule has 0 aromatic carbocycles. The molecule has 0 N–H and O–H groups in total. The van der Waals surface area contributed by atoms with Crippen LogP contribution in [0, 0.1) is 0 Å². The van der Waals surface area contributed by atoms with Gasteiger partial charge in [-0.05, 0) is 51.3 Å². The number of aldehydes is 1. The van der Waals surface area contributed by atoms with E-state index in [1.54, 1.807) is 34.2 Å². The van der Waals surface area contributed by atoms with Crippen LogP contribution in [0.3, 0.4) is 0 Å². The number of Topliss-reactive ketones (excluding diaryl/α,β-unsaturated/α-hetero) is 1. The predicted octanol–water partition coefficient (Wildman–Crippen LogP) is 9.12. The Morgan fingerprint density at radius 3 is 1.78 bits per heavy atom. The Morgan fingerprint density at radius 1 is 0.824 bits per heavy atom. The highest BCUT2D eigenvalue weighted by Crippen LogP contribution is 2.16. The molecular formula is C37H54BBrN6O4Si2. The maximum Gasteiger partial charge on any atom is 0.181 e. The van der Waals surface area contributed by atoms with Crippen LogP contribution in [0.1, 0.15) is 44.6 Å². The van der Waals surface area contributed by atoms with Crippen LogP contribution in [0.25, 0.3) is 18.2 Å². The minimum Gasteiger partial charge on any atom is -0.360 e. The molecule has 0 saturated heterocycles. The Balaban J connectivity index is 0.000000283. The molecule has 0 amide bonds. The van der Waals surface area contributed by atoms with Crippen LogP contribution in [0.2, 0.25) is 65.0 Å². The van der Waals surface area contributed by atoms with Crippen LogP contribution < -0.4 is 0 Å². The highest BCUT2D eigenvalue weighted by Gasteiger charge is 2.14. The van der Waals surface area contributed by atoms with Gasteiger partial charge in [-0.3, -0.25) is 19.6 Å². The van der Waals surface area contributed by atoms with Crippen LogP contribution in [0.15, 0.2) is 71.9 Å². The average Bonchev–Trinajstić information content (AvgIpc) is 3.66. The first-order valence-corrected chi connectivity index (χ1v) is 25.4. The zero-order valence-electron chi connectivity index (χ0n) is 31.7. The van der Waals surface area contributed by atoms with Crippen molar-refractivity contribution >= 4 is 69.1 Å². The molecule has 0 unspecified atom stereocenters. The fourth-order valence-electron chi connectivity index (χ4n) is 3.95. The zero-order valence-corrected chi connectivity index (χ0v) is 35.3. The SMILES string of the molecule is CB(C)/C=C/c1cccnc1.CC(=O)c1nn(COCC[Si](C)(C)C)cc1Br.C[Si](C)(C)CCOCn1cc(/C=C/c2cccnc2)c(C=O)n1. The van der Waals surface area contributed by atoms with E-state index in [0.29, 0.717) is 31.6 Å². The van der Waals surface area contributed by atoms with Gasteiger partial charge in [-0.1, -0.05) is 83.3 Å². The van der Waals surface area contributed by atoms with E-state index in [2.05, 4.69) is 101 Å². The van der Waals surface area contributed by atoms with Crippen molar-refractivity contribution in [2.24, 2.45) is 0 Å². The molecule has 4 rings (SSSR count). The molecule has 0 spiro atoms. The van der Waals surface area contributed by atoms with E-state index < -0.39 is 16.1 Å². The average molecular weight is 794 g/mol. The summed E-state index contributed by atoms with van der Waals surface area (Å²) < 4.78 is 15.2. The van der Waals surface area contributed by atoms with E-state index in [9.17, 15) is 9.59 Å². The third-order valence-electron chi connectivity index (χ3n) is 6.92. The smallest absolute Gasteiger partial charge is 0.181 e. The fraction of sp³-hybridized carbons (Fsp3) is 0.405. The summed E-state index contributed by atoms with van der Waals surface area (Å²) in [5.74, 6) is 2.12. The topological polar surface area (TPSA) is 114 Å². The Labute approximate surface area is 315 Å². The number of hydrogen-bond acceptors (Lipinski definition) is 8. The molecule has 4 aromatic rings. The summed E-state index contributed by atoms with van der Waals surface area (Å²) >= 11 is 3.31. The van der Waals surface area contributed by atoms with Crippen LogP contribution >= 0.6 is 15.9 Å². The summed E-state index contributed by atoms with van der Waals surface area (Å²) in [4.78, 5) is 30.4. The predicted molar refractivity (Wildman–Crippen MR) is 220 cm³/mol. The Hall–Kier alpha value is -3.56. The summed E-state index contributed by atoms with van der Waals surface area (Å²) in [7, 11) is -2.12. The summed E-state index contributed by atoms with van der Waals surface area (Å²) in [5.41, 5.74) is 3.79. The van der Waals surface area contributed by atoms with E-state index in [-0.39, 0.29) is 5.78 Å². The maximum atomic E-state index is 11.2. The van der Waals surface area contributed by atoms with Crippen molar-refractivity contribution in [1.82, 2.24) is 29.5 Å². The number of pyridine rings is 2. The van der Waals surface area contributed by atoms with Gasteiger partial charge in [0, 0.05) is 79.0 Å². The zero-order chi connectivity index (χ0) is 37.9. The van der Waals surface area contributed by atoms with E-state index >= 15 is 0 Å². The lowest BCUT2D eigenvalue weighted by molar-refractivity contribution is 0.0778. The number of ketones is 1. The molecule has 0 fully saturated rings. The molecule has 4 aromatic heterocycles. The molecule has 4 heterocycles. The lowest BCUT2D eigenvalue weighted by Crippen LogP contribution is -2.22. The lowest BCUT2D eigenvalue weighted by Gasteiger charge is -2.15. The molecule has 51 heavy (non-hydrogen) atoms. The van der Waals surface area contributed by atoms with Crippen molar-refractivity contribution in [3.63, 3.8) is 0 Å². The number of nitrogens with zero attached hydrogens (tertiary/aromatic N) is 6. The minimum atomic E-state index is -1.09. The first-order chi connectivity index (χ1) is 24.1. The third-order valence-corrected chi connectivity index (χ3v) is 10.9. The summed E-state index contributed by atoms with van der Waals surface area (Å²) in [6, 6.07) is 10.1. The summed E-state index contributed by atoms with van der Waals surface area (Å²) in [6.45, 7) is 22.6. The third kappa shape index (κ3) is 19.6. The van der Waals surface area contributed by atoms with Crippen LogP contribution in [0.5, 0.6) is 0 Å². The Kier molecular flexibility index (Phi) is 19.1. The molecule has 0 aliphatic rings. The normalized spacial score (nSPS) is 11.6. The monoisotopic (exact) mass is 792 g/mol. The number of carbonyl (C=O) groups is 2. The Bertz CT molecular complexity index is 1670. The first kappa shape index (κ1) is 43.6. The van der Waals surface area contributed by atoms with Crippen molar-refractivity contribution in [2.45, 2.75) is 85.4 Å². The van der Waals surface area contributed by atoms with E-state index in [4.69, 9.17) is 9.47 Å². The largest absolute Gasteiger partial charge is 0.360 e. The van der Waals surface area contributed by atoms with E-state index in [0.717, 1.165) is 47.2 Å². The molecule has 0 radical (unpaired) electrons. The summed E-state index contributed by atoms with van der Waals surface area (Å²) in [5, 5.41) is 8.39. The van der Waals surface area contributed by atoms with Gasteiger partial charge in [0.25, 0.3) is 0 Å². The van der Waals surface area contributed by atoms with Crippen LogP contribution in [-0.2, 0) is 22.9 Å². The van der Waals surface area contributed by atoms with Gasteiger partial charge >= 0.3 is 0 Å². The standard InChI is InChI=1S/C17H23N3O2Si.C11H19BrN2O2Si.C9H12BN/c1-23(2,3)10-9-22-14-20-12-16(17(13-21)19-20)7-6-15-5-4-8-18-11-15;1-9(15)11-10(12)7-14(13-11)8-16-5-6-17(2,3)4;1-10(2)6-5-9-4-3-7-11-8-9/h4-8,11-13H,9-10,14H2,1-3H3;7H,5-6,8H2,1-4H3;3-8H,1-2H3/b7-6+;;6-5+. The van der Waals surface area contributed by atoms with Gasteiger partial charge in [0.1, 0.15) is 24.8 Å². The van der Waals surface area contributed by atoms with Crippen molar-refractivity contribution in [1.29, 1.82) is 0 Å². The van der Waals surface area contributed by atoms with Gasteiger partial charge in [0.2, 0.25) is 0 Å². The second-order valence-electron chi connectivity index (χ2n) is 14.8. The lowest BCUT2D eigenvalue weighted by atomic mass is 9.55. The quantitative estimate of drug-likeness (QED) is 0.0478. The minimum absolute atomic E-state index is 0.0438. The van der Waals surface area contributed by atoms with Crippen molar-refractivity contribution in [3.8, 4) is 0 Å². The second kappa shape index (κ2) is 22.4. The molecule has 14 heteroatoms. The second-order valence-corrected chi connectivity index (χ2v) is 26.9. The van der Waals surface area contributed by atoms with Gasteiger partial charge in [-0.2, -0.15) is 10.2 Å². The highest BCUT2D eigenvalue weighted by molar-refractivity contribution is 9.10. The van der Waals surface area contributed by atoms with Gasteiger partial charge in [0.15, 0.2) is 18.8 Å². The molecule has 0 atom stereocenters. The number of halogens is 1. The van der Waals surface area contributed by atoms with Gasteiger partial charge < -0.3 is 9.47 Å². The number of hydrogen-bond donors (Lipinski definition) is 0. The molecule has 0 aliphatic heterocycles. The first-order valence-electron chi connectivity index (χ1n) is 17.1. The fourth-order valence-corrected chi connectivity index (χ4v) is 6.06. The Morgan fingerprint density at radius 2 is 1.35 bits per heavy atom. The highest BCUT2D eigenvalue weighted by atomic mass is 79.9. The van der Waals surface area contributed by atoms with Gasteiger partial charge in [-0.25, -0.2) is 9.36 Å². The maximum absolute atomic E-state index is 11.2. The molecule has 0 aliphatic carbocycles. The molecule has 0 saturated carbocycles. The molecule has 0 bridgehead atoms. The molecule has 274 valence electrons. The van der Waals surface area contributed by atoms with Crippen molar-refractivity contribution in [3.05, 3.63) is 100.0 Å². The van der Waals surface area contributed by atoms with Crippen molar-refractivity contribution in [2.75, 3.05) is 13.2 Å². The number of aromatic nitrogens is 6. The molecule has 10 nitrogen and oxygen atoms in total. The van der Waals surface area contributed by atoms with Gasteiger partial charge in [-0.15, -0.1) is 5.98 Å². The number of rotatable bonds is 16. The number of carbonyl (C=O) groups excluding carboxylic acids is 2.